The summed E-state index contributed by atoms with van der Waals surface area (Å²) in [5.74, 6) is 0. The number of anilines is 2. The average molecular weight is 222 g/mol. The highest BCUT2D eigenvalue weighted by molar-refractivity contribution is 5.87. The predicted molar refractivity (Wildman–Crippen MR) is 74.1 cm³/mol. The first-order valence-corrected chi connectivity index (χ1v) is 5.42. The van der Waals surface area contributed by atoms with Gasteiger partial charge in [0.05, 0.1) is 0 Å². The van der Waals surface area contributed by atoms with Gasteiger partial charge in [0, 0.05) is 23.2 Å². The molecule has 2 nitrogen and oxygen atoms in total. The van der Waals surface area contributed by atoms with Gasteiger partial charge in [-0.3, -0.25) is 0 Å². The number of hydrogen-bond acceptors (Lipinski definition) is 2. The zero-order valence-electron chi connectivity index (χ0n) is 9.48. The third kappa shape index (κ3) is 2.61. The smallest absolute Gasteiger partial charge is 0.0473 e. The number of para-hydroxylation sites is 1. The van der Waals surface area contributed by atoms with Gasteiger partial charge in [0.25, 0.3) is 0 Å². The number of nitrogens with one attached hydrogen (secondary N) is 2. The van der Waals surface area contributed by atoms with Crippen LogP contribution in [0, 0.1) is 5.41 Å². The summed E-state index contributed by atoms with van der Waals surface area (Å²) in [6.45, 7) is 3.72. The lowest BCUT2D eigenvalue weighted by Gasteiger charge is -2.09. The average Bonchev–Trinajstić information content (AvgIpc) is 2.40. The van der Waals surface area contributed by atoms with Gasteiger partial charge in [-0.2, -0.15) is 0 Å². The molecule has 0 aromatic heterocycles. The quantitative estimate of drug-likeness (QED) is 0.751. The van der Waals surface area contributed by atoms with Crippen LogP contribution in [0.4, 0.5) is 11.4 Å². The molecule has 0 aliphatic heterocycles. The van der Waals surface area contributed by atoms with Crippen molar-refractivity contribution in [1.29, 1.82) is 5.41 Å². The molecule has 0 amide bonds. The Balaban J connectivity index is 2.24. The molecule has 0 fully saturated rings. The Bertz CT molecular complexity index is 527. The van der Waals surface area contributed by atoms with E-state index in [0.29, 0.717) is 0 Å². The number of hydrogen-bond donors (Lipinski definition) is 2. The van der Waals surface area contributed by atoms with E-state index in [4.69, 9.17) is 5.41 Å². The summed E-state index contributed by atoms with van der Waals surface area (Å²) in [6.07, 6.45) is 3.16. The van der Waals surface area contributed by atoms with Crippen LogP contribution >= 0.6 is 0 Å². The maximum Gasteiger partial charge on any atom is 0.0473 e. The molecule has 2 aromatic carbocycles. The van der Waals surface area contributed by atoms with Crippen molar-refractivity contribution in [3.05, 3.63) is 66.2 Å². The highest BCUT2D eigenvalue weighted by Gasteiger charge is 1.99. The molecule has 0 spiro atoms. The highest BCUT2D eigenvalue weighted by Crippen LogP contribution is 2.20. The second-order valence-corrected chi connectivity index (χ2v) is 3.68. The Morgan fingerprint density at radius 3 is 2.35 bits per heavy atom. The minimum absolute atomic E-state index is 0.875. The number of rotatable bonds is 4. The molecule has 0 heterocycles. The van der Waals surface area contributed by atoms with E-state index in [1.165, 1.54) is 6.21 Å². The van der Waals surface area contributed by atoms with Gasteiger partial charge in [-0.1, -0.05) is 43.0 Å². The van der Waals surface area contributed by atoms with Gasteiger partial charge in [-0.25, -0.2) is 0 Å². The molecular formula is C15H14N2. The predicted octanol–water partition coefficient (Wildman–Crippen LogP) is 4.07. The Kier molecular flexibility index (Phi) is 3.36. The largest absolute Gasteiger partial charge is 0.355 e. The molecule has 2 rings (SSSR count). The third-order valence-corrected chi connectivity index (χ3v) is 2.54. The van der Waals surface area contributed by atoms with Gasteiger partial charge in [-0.15, -0.1) is 0 Å². The molecule has 84 valence electrons. The molecule has 2 aromatic rings. The highest BCUT2D eigenvalue weighted by atomic mass is 14.9. The first-order valence-electron chi connectivity index (χ1n) is 5.42. The Labute approximate surface area is 101 Å². The summed E-state index contributed by atoms with van der Waals surface area (Å²) >= 11 is 0. The summed E-state index contributed by atoms with van der Waals surface area (Å²) in [6, 6.07) is 15.7. The van der Waals surface area contributed by atoms with E-state index in [9.17, 15) is 0 Å². The summed E-state index contributed by atoms with van der Waals surface area (Å²) in [7, 11) is 0. The summed E-state index contributed by atoms with van der Waals surface area (Å²) in [5, 5.41) is 10.6. The molecule has 0 unspecified atom stereocenters. The molecule has 0 radical (unpaired) electrons. The topological polar surface area (TPSA) is 35.9 Å². The first kappa shape index (κ1) is 11.1. The first-order chi connectivity index (χ1) is 8.33. The van der Waals surface area contributed by atoms with Gasteiger partial charge < -0.3 is 10.7 Å². The fourth-order valence-corrected chi connectivity index (χ4v) is 1.59. The van der Waals surface area contributed by atoms with Crippen LogP contribution in [-0.2, 0) is 0 Å². The monoisotopic (exact) mass is 222 g/mol. The van der Waals surface area contributed by atoms with E-state index in [2.05, 4.69) is 11.9 Å². The Morgan fingerprint density at radius 1 is 1.00 bits per heavy atom. The maximum absolute atomic E-state index is 7.34. The van der Waals surface area contributed by atoms with E-state index >= 15 is 0 Å². The van der Waals surface area contributed by atoms with Crippen molar-refractivity contribution in [1.82, 2.24) is 0 Å². The van der Waals surface area contributed by atoms with Gasteiger partial charge in [-0.05, 0) is 23.8 Å². The van der Waals surface area contributed by atoms with Crippen molar-refractivity contribution in [2.75, 3.05) is 5.32 Å². The van der Waals surface area contributed by atoms with Crippen LogP contribution in [0.3, 0.4) is 0 Å². The molecule has 0 saturated heterocycles. The zero-order chi connectivity index (χ0) is 12.1. The van der Waals surface area contributed by atoms with Crippen LogP contribution in [-0.4, -0.2) is 6.21 Å². The molecule has 2 N–H and O–H groups in total. The molecule has 2 heteroatoms. The molecule has 17 heavy (non-hydrogen) atoms. The van der Waals surface area contributed by atoms with Crippen LogP contribution in [0.2, 0.25) is 0 Å². The van der Waals surface area contributed by atoms with Crippen molar-refractivity contribution >= 4 is 23.7 Å². The Morgan fingerprint density at radius 2 is 1.71 bits per heavy atom. The lowest BCUT2D eigenvalue weighted by molar-refractivity contribution is 1.50. The minimum atomic E-state index is 0.875. The standard InChI is InChI=1S/C15H14N2/c1-2-12-7-9-14(10-8-12)17-15-6-4-3-5-13(15)11-16/h2-11,16-17H,1H2. The van der Waals surface area contributed by atoms with Crippen molar-refractivity contribution < 1.29 is 0 Å². The van der Waals surface area contributed by atoms with Gasteiger partial charge in [0.15, 0.2) is 0 Å². The SMILES string of the molecule is C=Cc1ccc(Nc2ccccc2C=N)cc1. The van der Waals surface area contributed by atoms with Crippen molar-refractivity contribution in [3.8, 4) is 0 Å². The van der Waals surface area contributed by atoms with Crippen LogP contribution in [0.1, 0.15) is 11.1 Å². The Hall–Kier alpha value is -2.35. The lowest BCUT2D eigenvalue weighted by Crippen LogP contribution is -1.94. The summed E-state index contributed by atoms with van der Waals surface area (Å²) in [4.78, 5) is 0. The van der Waals surface area contributed by atoms with Crippen LogP contribution < -0.4 is 5.32 Å². The van der Waals surface area contributed by atoms with E-state index < -0.39 is 0 Å². The minimum Gasteiger partial charge on any atom is -0.355 e. The third-order valence-electron chi connectivity index (χ3n) is 2.54. The van der Waals surface area contributed by atoms with Gasteiger partial charge in [0.2, 0.25) is 0 Å². The number of benzene rings is 2. The molecule has 0 atom stereocenters. The van der Waals surface area contributed by atoms with E-state index in [0.717, 1.165) is 22.5 Å². The second kappa shape index (κ2) is 5.12. The zero-order valence-corrected chi connectivity index (χ0v) is 9.48. The second-order valence-electron chi connectivity index (χ2n) is 3.68. The summed E-state index contributed by atoms with van der Waals surface area (Å²) in [5.41, 5.74) is 3.91. The van der Waals surface area contributed by atoms with Gasteiger partial charge >= 0.3 is 0 Å². The fraction of sp³-hybridized carbons (Fsp3) is 0. The van der Waals surface area contributed by atoms with Crippen LogP contribution in [0.25, 0.3) is 6.08 Å². The lowest BCUT2D eigenvalue weighted by atomic mass is 10.1. The van der Waals surface area contributed by atoms with Crippen molar-refractivity contribution in [2.45, 2.75) is 0 Å². The summed E-state index contributed by atoms with van der Waals surface area (Å²) < 4.78 is 0. The van der Waals surface area contributed by atoms with E-state index in [1.807, 2.05) is 54.6 Å². The fourth-order valence-electron chi connectivity index (χ4n) is 1.59. The molecule has 0 bridgehead atoms. The van der Waals surface area contributed by atoms with Crippen molar-refractivity contribution in [3.63, 3.8) is 0 Å². The van der Waals surface area contributed by atoms with Crippen LogP contribution in [0.15, 0.2) is 55.1 Å². The van der Waals surface area contributed by atoms with Crippen molar-refractivity contribution in [2.24, 2.45) is 0 Å². The molecule has 0 saturated carbocycles. The van der Waals surface area contributed by atoms with Crippen LogP contribution in [0.5, 0.6) is 0 Å². The molecule has 0 aliphatic carbocycles. The maximum atomic E-state index is 7.34. The normalized spacial score (nSPS) is 9.65. The van der Waals surface area contributed by atoms with E-state index in [-0.39, 0.29) is 0 Å². The molecule has 0 aliphatic rings. The molecular weight excluding hydrogens is 208 g/mol. The van der Waals surface area contributed by atoms with Gasteiger partial charge in [0.1, 0.15) is 0 Å². The van der Waals surface area contributed by atoms with E-state index in [1.54, 1.807) is 0 Å².